The summed E-state index contributed by atoms with van der Waals surface area (Å²) in [6.45, 7) is 6.37. The SMILES string of the molecule is CCCN(CC)S(=O)(=O)c1ccc(OCCCNC)cc1. The highest BCUT2D eigenvalue weighted by atomic mass is 32.2. The lowest BCUT2D eigenvalue weighted by atomic mass is 10.3. The number of ether oxygens (including phenoxy) is 1. The van der Waals surface area contributed by atoms with E-state index in [4.69, 9.17) is 4.74 Å². The molecule has 0 saturated carbocycles. The van der Waals surface area contributed by atoms with Gasteiger partial charge in [-0.25, -0.2) is 8.42 Å². The summed E-state index contributed by atoms with van der Waals surface area (Å²) in [5.74, 6) is 0.698. The van der Waals surface area contributed by atoms with E-state index in [0.29, 0.717) is 30.3 Å². The molecule has 0 atom stereocenters. The second-order valence-corrected chi connectivity index (χ2v) is 6.71. The van der Waals surface area contributed by atoms with Gasteiger partial charge in [0.2, 0.25) is 10.0 Å². The number of hydrogen-bond donors (Lipinski definition) is 1. The first-order valence-electron chi connectivity index (χ1n) is 7.43. The van der Waals surface area contributed by atoms with Crippen molar-refractivity contribution in [3.63, 3.8) is 0 Å². The summed E-state index contributed by atoms with van der Waals surface area (Å²) in [6, 6.07) is 6.65. The Bertz CT molecular complexity index is 500. The predicted molar refractivity (Wildman–Crippen MR) is 85.2 cm³/mol. The first-order chi connectivity index (χ1) is 10.1. The van der Waals surface area contributed by atoms with Gasteiger partial charge in [-0.05, 0) is 50.7 Å². The lowest BCUT2D eigenvalue weighted by molar-refractivity contribution is 0.309. The Balaban J connectivity index is 2.72. The van der Waals surface area contributed by atoms with Gasteiger partial charge in [-0.2, -0.15) is 4.31 Å². The molecule has 1 aromatic carbocycles. The minimum Gasteiger partial charge on any atom is -0.494 e. The first-order valence-corrected chi connectivity index (χ1v) is 8.87. The summed E-state index contributed by atoms with van der Waals surface area (Å²) in [6.07, 6.45) is 1.72. The zero-order valence-corrected chi connectivity index (χ0v) is 13.9. The van der Waals surface area contributed by atoms with Crippen molar-refractivity contribution in [2.24, 2.45) is 0 Å². The Hall–Kier alpha value is -1.11. The van der Waals surface area contributed by atoms with Gasteiger partial charge >= 0.3 is 0 Å². The molecule has 0 amide bonds. The molecule has 0 heterocycles. The third-order valence-electron chi connectivity index (χ3n) is 3.13. The van der Waals surface area contributed by atoms with E-state index >= 15 is 0 Å². The molecule has 0 saturated heterocycles. The average molecular weight is 314 g/mol. The molecule has 1 aromatic rings. The summed E-state index contributed by atoms with van der Waals surface area (Å²) in [5.41, 5.74) is 0. The average Bonchev–Trinajstić information content (AvgIpc) is 2.49. The highest BCUT2D eigenvalue weighted by molar-refractivity contribution is 7.89. The Morgan fingerprint density at radius 1 is 1.19 bits per heavy atom. The van der Waals surface area contributed by atoms with Gasteiger partial charge in [0.25, 0.3) is 0 Å². The van der Waals surface area contributed by atoms with Crippen molar-refractivity contribution in [1.82, 2.24) is 9.62 Å². The molecular formula is C15H26N2O3S. The second kappa shape index (κ2) is 9.02. The molecule has 0 bridgehead atoms. The van der Waals surface area contributed by atoms with Crippen molar-refractivity contribution < 1.29 is 13.2 Å². The van der Waals surface area contributed by atoms with Crippen LogP contribution in [0, 0.1) is 0 Å². The molecule has 21 heavy (non-hydrogen) atoms. The zero-order chi connectivity index (χ0) is 15.7. The van der Waals surface area contributed by atoms with Crippen LogP contribution < -0.4 is 10.1 Å². The number of rotatable bonds is 10. The van der Waals surface area contributed by atoms with E-state index in [1.807, 2.05) is 20.9 Å². The molecule has 0 aliphatic heterocycles. The van der Waals surface area contributed by atoms with Crippen LogP contribution in [0.25, 0.3) is 0 Å². The molecule has 0 aromatic heterocycles. The smallest absolute Gasteiger partial charge is 0.243 e. The highest BCUT2D eigenvalue weighted by Gasteiger charge is 2.21. The van der Waals surface area contributed by atoms with Crippen LogP contribution in [0.1, 0.15) is 26.7 Å². The van der Waals surface area contributed by atoms with E-state index in [9.17, 15) is 8.42 Å². The molecule has 0 spiro atoms. The summed E-state index contributed by atoms with van der Waals surface area (Å²) < 4.78 is 31.9. The molecule has 1 rings (SSSR count). The number of nitrogens with one attached hydrogen (secondary N) is 1. The summed E-state index contributed by atoms with van der Waals surface area (Å²) >= 11 is 0. The minimum atomic E-state index is -3.39. The van der Waals surface area contributed by atoms with Gasteiger partial charge in [0, 0.05) is 13.1 Å². The number of nitrogens with zero attached hydrogens (tertiary/aromatic N) is 1. The normalized spacial score (nSPS) is 11.8. The van der Waals surface area contributed by atoms with Crippen LogP contribution in [0.4, 0.5) is 0 Å². The Kier molecular flexibility index (Phi) is 7.71. The fourth-order valence-corrected chi connectivity index (χ4v) is 3.53. The molecule has 120 valence electrons. The van der Waals surface area contributed by atoms with Crippen LogP contribution >= 0.6 is 0 Å². The van der Waals surface area contributed by atoms with E-state index in [2.05, 4.69) is 5.32 Å². The largest absolute Gasteiger partial charge is 0.494 e. The van der Waals surface area contributed by atoms with Gasteiger partial charge in [-0.3, -0.25) is 0 Å². The van der Waals surface area contributed by atoms with Gasteiger partial charge in [-0.1, -0.05) is 13.8 Å². The van der Waals surface area contributed by atoms with Crippen molar-refractivity contribution in [2.45, 2.75) is 31.6 Å². The summed E-state index contributed by atoms with van der Waals surface area (Å²) in [5, 5.41) is 3.05. The summed E-state index contributed by atoms with van der Waals surface area (Å²) in [4.78, 5) is 0.320. The van der Waals surface area contributed by atoms with Crippen molar-refractivity contribution >= 4 is 10.0 Å². The van der Waals surface area contributed by atoms with Crippen molar-refractivity contribution in [3.05, 3.63) is 24.3 Å². The molecular weight excluding hydrogens is 288 g/mol. The van der Waals surface area contributed by atoms with E-state index in [1.165, 1.54) is 4.31 Å². The molecule has 0 unspecified atom stereocenters. The first kappa shape index (κ1) is 17.9. The van der Waals surface area contributed by atoms with Crippen LogP contribution in [-0.4, -0.2) is 46.0 Å². The number of hydrogen-bond acceptors (Lipinski definition) is 4. The maximum absolute atomic E-state index is 12.4. The van der Waals surface area contributed by atoms with Crippen LogP contribution in [0.3, 0.4) is 0 Å². The minimum absolute atomic E-state index is 0.320. The predicted octanol–water partition coefficient (Wildman–Crippen LogP) is 2.10. The molecule has 0 aliphatic carbocycles. The van der Waals surface area contributed by atoms with Crippen molar-refractivity contribution in [3.8, 4) is 5.75 Å². The molecule has 1 N–H and O–H groups in total. The maximum atomic E-state index is 12.4. The third-order valence-corrected chi connectivity index (χ3v) is 5.12. The van der Waals surface area contributed by atoms with E-state index in [1.54, 1.807) is 24.3 Å². The van der Waals surface area contributed by atoms with Crippen molar-refractivity contribution in [2.75, 3.05) is 33.3 Å². The van der Waals surface area contributed by atoms with Gasteiger partial charge < -0.3 is 10.1 Å². The van der Waals surface area contributed by atoms with Crippen molar-refractivity contribution in [1.29, 1.82) is 0 Å². The van der Waals surface area contributed by atoms with Gasteiger partial charge in [0.15, 0.2) is 0 Å². The van der Waals surface area contributed by atoms with Gasteiger partial charge in [-0.15, -0.1) is 0 Å². The highest BCUT2D eigenvalue weighted by Crippen LogP contribution is 2.19. The standard InChI is InChI=1S/C15H26N2O3S/c1-4-12-17(5-2)21(18,19)15-9-7-14(8-10-15)20-13-6-11-16-3/h7-10,16H,4-6,11-13H2,1-3H3. The third kappa shape index (κ3) is 5.30. The quantitative estimate of drug-likeness (QED) is 0.672. The Morgan fingerprint density at radius 2 is 1.86 bits per heavy atom. The molecule has 0 aliphatic rings. The summed E-state index contributed by atoms with van der Waals surface area (Å²) in [7, 11) is -1.49. The Morgan fingerprint density at radius 3 is 2.38 bits per heavy atom. The molecule has 6 heteroatoms. The fourth-order valence-electron chi connectivity index (χ4n) is 1.99. The van der Waals surface area contributed by atoms with Gasteiger partial charge in [0.05, 0.1) is 11.5 Å². The Labute approximate surface area is 128 Å². The lowest BCUT2D eigenvalue weighted by Crippen LogP contribution is -2.31. The van der Waals surface area contributed by atoms with Crippen LogP contribution in [-0.2, 0) is 10.0 Å². The van der Waals surface area contributed by atoms with E-state index < -0.39 is 10.0 Å². The number of sulfonamides is 1. The molecule has 5 nitrogen and oxygen atoms in total. The second-order valence-electron chi connectivity index (χ2n) is 4.77. The van der Waals surface area contributed by atoms with E-state index in [-0.39, 0.29) is 0 Å². The number of benzene rings is 1. The maximum Gasteiger partial charge on any atom is 0.243 e. The van der Waals surface area contributed by atoms with E-state index in [0.717, 1.165) is 19.4 Å². The lowest BCUT2D eigenvalue weighted by Gasteiger charge is -2.19. The van der Waals surface area contributed by atoms with Crippen LogP contribution in [0.15, 0.2) is 29.2 Å². The molecule has 0 fully saturated rings. The van der Waals surface area contributed by atoms with Crippen LogP contribution in [0.5, 0.6) is 5.75 Å². The van der Waals surface area contributed by atoms with Gasteiger partial charge in [0.1, 0.15) is 5.75 Å². The van der Waals surface area contributed by atoms with Crippen LogP contribution in [0.2, 0.25) is 0 Å². The topological polar surface area (TPSA) is 58.6 Å². The fraction of sp³-hybridized carbons (Fsp3) is 0.600. The zero-order valence-electron chi connectivity index (χ0n) is 13.1. The molecule has 0 radical (unpaired) electrons. The monoisotopic (exact) mass is 314 g/mol.